The van der Waals surface area contributed by atoms with Crippen LogP contribution in [0.5, 0.6) is 0 Å². The largest absolute Gasteiger partial charge is 0.284 e. The number of hydrogen-bond acceptors (Lipinski definition) is 4. The summed E-state index contributed by atoms with van der Waals surface area (Å²) in [5.74, 6) is 0. The van der Waals surface area contributed by atoms with Gasteiger partial charge in [0.05, 0.1) is 0 Å². The summed E-state index contributed by atoms with van der Waals surface area (Å²) < 4.78 is 0. The van der Waals surface area contributed by atoms with Crippen molar-refractivity contribution >= 4 is 22.8 Å². The van der Waals surface area contributed by atoms with E-state index in [-0.39, 0.29) is 0 Å². The summed E-state index contributed by atoms with van der Waals surface area (Å²) in [6, 6.07) is 0. The van der Waals surface area contributed by atoms with Gasteiger partial charge in [0.15, 0.2) is 0 Å². The van der Waals surface area contributed by atoms with E-state index in [2.05, 4.69) is 20.0 Å². The molecule has 0 bridgehead atoms. The monoisotopic (exact) mass is 164 g/mol. The third kappa shape index (κ3) is 0.995. The zero-order chi connectivity index (χ0) is 9.14. The van der Waals surface area contributed by atoms with Crippen LogP contribution in [-0.4, -0.2) is 51.0 Å². The molecule has 0 unspecified atom stereocenters. The van der Waals surface area contributed by atoms with E-state index in [0.29, 0.717) is 0 Å². The van der Waals surface area contributed by atoms with E-state index in [1.165, 1.54) is 0 Å². The highest BCUT2D eigenvalue weighted by Gasteiger charge is 2.34. The van der Waals surface area contributed by atoms with Crippen molar-refractivity contribution in [2.45, 2.75) is 0 Å². The molecule has 64 valence electrons. The summed E-state index contributed by atoms with van der Waals surface area (Å²) in [6.07, 6.45) is 0. The molecule has 0 atom stereocenters. The molecule has 0 spiro atoms. The van der Waals surface area contributed by atoms with Crippen LogP contribution >= 0.6 is 0 Å². The highest BCUT2D eigenvalue weighted by atomic mass is 14.9. The predicted octanol–water partition coefficient (Wildman–Crippen LogP) is 0.283. The summed E-state index contributed by atoms with van der Waals surface area (Å²) >= 11 is 0. The van der Waals surface area contributed by atoms with Gasteiger partial charge in [-0.3, -0.25) is 20.0 Å². The van der Waals surface area contributed by atoms with Gasteiger partial charge in [0.2, 0.25) is 0 Å². The highest BCUT2D eigenvalue weighted by Crippen LogP contribution is 2.07. The molecule has 1 saturated carbocycles. The first-order valence-corrected chi connectivity index (χ1v) is 3.68. The first-order chi connectivity index (χ1) is 5.79. The molecule has 0 saturated heterocycles. The van der Waals surface area contributed by atoms with Gasteiger partial charge in [-0.15, -0.1) is 0 Å². The fourth-order valence-corrected chi connectivity index (χ4v) is 1.23. The molecule has 4 nitrogen and oxygen atoms in total. The van der Waals surface area contributed by atoms with Crippen LogP contribution in [-0.2, 0) is 0 Å². The van der Waals surface area contributed by atoms with E-state index in [9.17, 15) is 0 Å². The van der Waals surface area contributed by atoms with Crippen LogP contribution in [0.2, 0.25) is 0 Å². The van der Waals surface area contributed by atoms with Gasteiger partial charge in [-0.2, -0.15) is 0 Å². The van der Waals surface area contributed by atoms with Gasteiger partial charge in [0.1, 0.15) is 22.8 Å². The van der Waals surface area contributed by atoms with E-state index >= 15 is 0 Å². The van der Waals surface area contributed by atoms with Gasteiger partial charge >= 0.3 is 0 Å². The smallest absolute Gasteiger partial charge is 0.112 e. The minimum atomic E-state index is 0.862. The Hall–Kier alpha value is -1.32. The molecule has 1 aliphatic rings. The van der Waals surface area contributed by atoms with E-state index in [0.717, 1.165) is 22.8 Å². The van der Waals surface area contributed by atoms with Crippen LogP contribution in [0, 0.1) is 0 Å². The lowest BCUT2D eigenvalue weighted by atomic mass is 9.88. The van der Waals surface area contributed by atoms with Crippen molar-refractivity contribution in [1.29, 1.82) is 0 Å². The molecule has 0 heterocycles. The third-order valence-electron chi connectivity index (χ3n) is 1.79. The Morgan fingerprint density at radius 2 is 0.667 bits per heavy atom. The van der Waals surface area contributed by atoms with E-state index in [4.69, 9.17) is 0 Å². The maximum atomic E-state index is 4.07. The Morgan fingerprint density at radius 1 is 0.500 bits per heavy atom. The normalized spacial score (nSPS) is 15.7. The Morgan fingerprint density at radius 3 is 0.750 bits per heavy atom. The van der Waals surface area contributed by atoms with E-state index in [1.807, 2.05) is 0 Å². The van der Waals surface area contributed by atoms with Crippen molar-refractivity contribution in [1.82, 2.24) is 0 Å². The SMILES string of the molecule is CN=C1C(=NC)C(=NC)C1=NC. The Bertz CT molecular complexity index is 227. The maximum absolute atomic E-state index is 4.07. The second kappa shape index (κ2) is 3.38. The molecule has 0 aromatic heterocycles. The zero-order valence-electron chi connectivity index (χ0n) is 7.79. The molecule has 1 fully saturated rings. The van der Waals surface area contributed by atoms with Gasteiger partial charge in [0.25, 0.3) is 0 Å². The minimum Gasteiger partial charge on any atom is -0.284 e. The average molecular weight is 164 g/mol. The molecule has 0 aromatic carbocycles. The standard InChI is InChI=1S/C8H12N4/c1-9-5-6(10-2)8(12-4)7(5)11-3/h1-4H3. The average Bonchev–Trinajstić information content (AvgIpc) is 2.05. The lowest BCUT2D eigenvalue weighted by molar-refractivity contribution is 1.39. The number of aliphatic imine (C=N–C) groups is 4. The van der Waals surface area contributed by atoms with Gasteiger partial charge < -0.3 is 0 Å². The number of rotatable bonds is 0. The number of hydrogen-bond donors (Lipinski definition) is 0. The van der Waals surface area contributed by atoms with Crippen LogP contribution < -0.4 is 0 Å². The van der Waals surface area contributed by atoms with Crippen molar-refractivity contribution in [3.63, 3.8) is 0 Å². The van der Waals surface area contributed by atoms with Crippen LogP contribution in [0.1, 0.15) is 0 Å². The highest BCUT2D eigenvalue weighted by molar-refractivity contribution is 7.12. The van der Waals surface area contributed by atoms with Crippen molar-refractivity contribution in [3.05, 3.63) is 0 Å². The molecule has 1 aliphatic carbocycles. The van der Waals surface area contributed by atoms with Gasteiger partial charge in [-0.05, 0) is 0 Å². The van der Waals surface area contributed by atoms with Crippen molar-refractivity contribution in [2.24, 2.45) is 20.0 Å². The lowest BCUT2D eigenvalue weighted by Crippen LogP contribution is -2.50. The van der Waals surface area contributed by atoms with Crippen LogP contribution in [0.4, 0.5) is 0 Å². The van der Waals surface area contributed by atoms with Crippen LogP contribution in [0.25, 0.3) is 0 Å². The fourth-order valence-electron chi connectivity index (χ4n) is 1.23. The summed E-state index contributed by atoms with van der Waals surface area (Å²) in [7, 11) is 6.94. The summed E-state index contributed by atoms with van der Waals surface area (Å²) in [4.78, 5) is 16.3. The van der Waals surface area contributed by atoms with Crippen LogP contribution in [0.3, 0.4) is 0 Å². The maximum Gasteiger partial charge on any atom is 0.112 e. The molecule has 4 heteroatoms. The zero-order valence-corrected chi connectivity index (χ0v) is 7.79. The summed E-state index contributed by atoms with van der Waals surface area (Å²) in [5.41, 5.74) is 3.45. The molecular formula is C8H12N4. The molecule has 0 amide bonds. The second-order valence-electron chi connectivity index (χ2n) is 2.29. The second-order valence-corrected chi connectivity index (χ2v) is 2.29. The summed E-state index contributed by atoms with van der Waals surface area (Å²) in [6.45, 7) is 0. The first-order valence-electron chi connectivity index (χ1n) is 3.68. The molecule has 0 N–H and O–H groups in total. The molecule has 0 radical (unpaired) electrons. The topological polar surface area (TPSA) is 49.4 Å². The van der Waals surface area contributed by atoms with Crippen molar-refractivity contribution < 1.29 is 0 Å². The molecular weight excluding hydrogens is 152 g/mol. The summed E-state index contributed by atoms with van der Waals surface area (Å²) in [5, 5.41) is 0. The van der Waals surface area contributed by atoms with Gasteiger partial charge in [0, 0.05) is 28.2 Å². The Balaban J connectivity index is 3.14. The quantitative estimate of drug-likeness (QED) is 0.494. The minimum absolute atomic E-state index is 0.862. The number of nitrogens with zero attached hydrogens (tertiary/aromatic N) is 4. The predicted molar refractivity (Wildman–Crippen MR) is 53.4 cm³/mol. The Kier molecular flexibility index (Phi) is 2.47. The van der Waals surface area contributed by atoms with Gasteiger partial charge in [-0.25, -0.2) is 0 Å². The van der Waals surface area contributed by atoms with E-state index in [1.54, 1.807) is 28.2 Å². The molecule has 0 aliphatic heterocycles. The lowest BCUT2D eigenvalue weighted by Gasteiger charge is -2.22. The third-order valence-corrected chi connectivity index (χ3v) is 1.79. The van der Waals surface area contributed by atoms with Gasteiger partial charge in [-0.1, -0.05) is 0 Å². The van der Waals surface area contributed by atoms with E-state index < -0.39 is 0 Å². The first kappa shape index (κ1) is 8.77. The Labute approximate surface area is 71.9 Å². The molecule has 0 aromatic rings. The van der Waals surface area contributed by atoms with Crippen molar-refractivity contribution in [2.75, 3.05) is 28.2 Å². The fraction of sp³-hybridized carbons (Fsp3) is 0.500. The van der Waals surface area contributed by atoms with Crippen LogP contribution in [0.15, 0.2) is 20.0 Å². The molecule has 12 heavy (non-hydrogen) atoms. The molecule has 1 rings (SSSR count). The van der Waals surface area contributed by atoms with Crippen molar-refractivity contribution in [3.8, 4) is 0 Å².